The molecule has 23 heavy (non-hydrogen) atoms. The number of amides is 1. The van der Waals surface area contributed by atoms with Crippen molar-refractivity contribution in [3.05, 3.63) is 41.0 Å². The highest BCUT2D eigenvalue weighted by molar-refractivity contribution is 5.97. The van der Waals surface area contributed by atoms with Crippen LogP contribution in [-0.2, 0) is 5.54 Å². The second kappa shape index (κ2) is 6.58. The molecule has 7 heteroatoms. The van der Waals surface area contributed by atoms with Crippen molar-refractivity contribution in [2.45, 2.75) is 45.1 Å². The van der Waals surface area contributed by atoms with E-state index in [1.165, 1.54) is 0 Å². The van der Waals surface area contributed by atoms with Gasteiger partial charge < -0.3 is 15.6 Å². The molecule has 0 spiro atoms. The number of nitrogen functional groups attached to an aromatic ring is 1. The molecule has 0 unspecified atom stereocenters. The topological polar surface area (TPSA) is 94.0 Å². The van der Waals surface area contributed by atoms with Gasteiger partial charge in [-0.25, -0.2) is 0 Å². The summed E-state index contributed by atoms with van der Waals surface area (Å²) in [6, 6.07) is 5.35. The minimum Gasteiger partial charge on any atom is -0.399 e. The molecule has 0 radical (unpaired) electrons. The SMILES string of the molecule is Cc1nc(C2(NC(=O)c3cc(N)ccc3C)CCCC2)no1.Cl. The van der Waals surface area contributed by atoms with Gasteiger partial charge in [0.15, 0.2) is 5.82 Å². The summed E-state index contributed by atoms with van der Waals surface area (Å²) in [6.45, 7) is 3.65. The van der Waals surface area contributed by atoms with Gasteiger partial charge in [-0.1, -0.05) is 24.1 Å². The van der Waals surface area contributed by atoms with Gasteiger partial charge in [-0.3, -0.25) is 4.79 Å². The first-order valence-corrected chi connectivity index (χ1v) is 7.50. The summed E-state index contributed by atoms with van der Waals surface area (Å²) < 4.78 is 5.10. The van der Waals surface area contributed by atoms with Crippen LogP contribution >= 0.6 is 12.4 Å². The molecule has 124 valence electrons. The third-order valence-corrected chi connectivity index (χ3v) is 4.27. The monoisotopic (exact) mass is 336 g/mol. The molecule has 3 N–H and O–H groups in total. The highest BCUT2D eigenvalue weighted by atomic mass is 35.5. The van der Waals surface area contributed by atoms with Crippen LogP contribution in [-0.4, -0.2) is 16.0 Å². The normalized spacial score (nSPS) is 15.9. The van der Waals surface area contributed by atoms with E-state index in [1.807, 2.05) is 13.0 Å². The number of benzene rings is 1. The molecule has 3 rings (SSSR count). The summed E-state index contributed by atoms with van der Waals surface area (Å²) in [7, 11) is 0. The third-order valence-electron chi connectivity index (χ3n) is 4.27. The summed E-state index contributed by atoms with van der Waals surface area (Å²) in [5.41, 5.74) is 7.32. The zero-order valence-electron chi connectivity index (χ0n) is 13.3. The molecule has 1 fully saturated rings. The molecule has 2 aromatic rings. The fraction of sp³-hybridized carbons (Fsp3) is 0.438. The van der Waals surface area contributed by atoms with Gasteiger partial charge >= 0.3 is 0 Å². The average Bonchev–Trinajstić information content (AvgIpc) is 3.11. The van der Waals surface area contributed by atoms with E-state index >= 15 is 0 Å². The number of hydrogen-bond donors (Lipinski definition) is 2. The molecule has 1 aliphatic carbocycles. The fourth-order valence-electron chi connectivity index (χ4n) is 3.05. The molecule has 1 aliphatic rings. The highest BCUT2D eigenvalue weighted by Gasteiger charge is 2.41. The predicted molar refractivity (Wildman–Crippen MR) is 89.5 cm³/mol. The molecule has 0 atom stereocenters. The van der Waals surface area contributed by atoms with E-state index in [0.717, 1.165) is 31.2 Å². The first-order chi connectivity index (χ1) is 10.5. The Hall–Kier alpha value is -2.08. The van der Waals surface area contributed by atoms with E-state index in [2.05, 4.69) is 15.5 Å². The van der Waals surface area contributed by atoms with Crippen molar-refractivity contribution in [2.24, 2.45) is 0 Å². The molecule has 1 saturated carbocycles. The molecule has 1 aromatic carbocycles. The number of anilines is 1. The van der Waals surface area contributed by atoms with Crippen LogP contribution in [0, 0.1) is 13.8 Å². The van der Waals surface area contributed by atoms with Crippen LogP contribution < -0.4 is 11.1 Å². The number of rotatable bonds is 3. The molecule has 1 aromatic heterocycles. The predicted octanol–water partition coefficient (Wildman–Crippen LogP) is 2.89. The summed E-state index contributed by atoms with van der Waals surface area (Å²) in [4.78, 5) is 17.0. The fourth-order valence-corrected chi connectivity index (χ4v) is 3.05. The molecular weight excluding hydrogens is 316 g/mol. The lowest BCUT2D eigenvalue weighted by Crippen LogP contribution is -2.44. The van der Waals surface area contributed by atoms with Gasteiger partial charge in [-0.2, -0.15) is 4.98 Å². The van der Waals surface area contributed by atoms with Crippen molar-refractivity contribution in [3.8, 4) is 0 Å². The van der Waals surface area contributed by atoms with Crippen molar-refractivity contribution < 1.29 is 9.32 Å². The van der Waals surface area contributed by atoms with Crippen molar-refractivity contribution >= 4 is 24.0 Å². The molecule has 0 saturated heterocycles. The summed E-state index contributed by atoms with van der Waals surface area (Å²) in [5.74, 6) is 0.933. The van der Waals surface area contributed by atoms with Crippen LogP contribution in [0.15, 0.2) is 22.7 Å². The number of nitrogens with zero attached hydrogens (tertiary/aromatic N) is 2. The Morgan fingerprint density at radius 1 is 1.30 bits per heavy atom. The Labute approximate surface area is 141 Å². The maximum Gasteiger partial charge on any atom is 0.252 e. The summed E-state index contributed by atoms with van der Waals surface area (Å²) in [6.07, 6.45) is 3.70. The Balaban J connectivity index is 0.00000192. The van der Waals surface area contributed by atoms with E-state index in [4.69, 9.17) is 10.3 Å². The minimum atomic E-state index is -0.536. The van der Waals surface area contributed by atoms with Crippen LogP contribution in [0.3, 0.4) is 0 Å². The first-order valence-electron chi connectivity index (χ1n) is 7.50. The number of hydrogen-bond acceptors (Lipinski definition) is 5. The Morgan fingerprint density at radius 3 is 2.61 bits per heavy atom. The smallest absolute Gasteiger partial charge is 0.252 e. The highest BCUT2D eigenvalue weighted by Crippen LogP contribution is 2.37. The number of nitrogens with one attached hydrogen (secondary N) is 1. The molecule has 0 aliphatic heterocycles. The van der Waals surface area contributed by atoms with Crippen LogP contribution in [0.1, 0.15) is 53.3 Å². The van der Waals surface area contributed by atoms with Gasteiger partial charge in [-0.15, -0.1) is 12.4 Å². The van der Waals surface area contributed by atoms with Crippen LogP contribution in [0.4, 0.5) is 5.69 Å². The van der Waals surface area contributed by atoms with Crippen molar-refractivity contribution in [1.82, 2.24) is 15.5 Å². The number of carbonyl (C=O) groups excluding carboxylic acids is 1. The first kappa shape index (κ1) is 17.3. The molecular formula is C16H21ClN4O2. The van der Waals surface area contributed by atoms with E-state index in [1.54, 1.807) is 19.1 Å². The number of aromatic nitrogens is 2. The van der Waals surface area contributed by atoms with Gasteiger partial charge in [0.05, 0.1) is 0 Å². The maximum absolute atomic E-state index is 12.7. The second-order valence-electron chi connectivity index (χ2n) is 5.95. The minimum absolute atomic E-state index is 0. The van der Waals surface area contributed by atoms with Crippen molar-refractivity contribution in [1.29, 1.82) is 0 Å². The average molecular weight is 337 g/mol. The largest absolute Gasteiger partial charge is 0.399 e. The summed E-state index contributed by atoms with van der Waals surface area (Å²) in [5, 5.41) is 7.16. The zero-order chi connectivity index (χ0) is 15.7. The van der Waals surface area contributed by atoms with Gasteiger partial charge in [0.1, 0.15) is 5.54 Å². The lowest BCUT2D eigenvalue weighted by molar-refractivity contribution is 0.0891. The number of aryl methyl sites for hydroxylation is 2. The standard InChI is InChI=1S/C16H20N4O2.ClH/c1-10-5-6-12(17)9-13(10)14(21)19-16(7-3-4-8-16)15-18-11(2)22-20-15;/h5-6,9H,3-4,7-8,17H2,1-2H3,(H,19,21);1H. The molecule has 1 heterocycles. The Kier molecular flexibility index (Phi) is 4.94. The van der Waals surface area contributed by atoms with E-state index in [-0.39, 0.29) is 18.3 Å². The molecule has 0 bridgehead atoms. The number of nitrogens with two attached hydrogens (primary N) is 1. The van der Waals surface area contributed by atoms with Gasteiger partial charge in [0, 0.05) is 18.2 Å². The molecule has 6 nitrogen and oxygen atoms in total. The lowest BCUT2D eigenvalue weighted by Gasteiger charge is -2.27. The second-order valence-corrected chi connectivity index (χ2v) is 5.95. The van der Waals surface area contributed by atoms with Crippen LogP contribution in [0.2, 0.25) is 0 Å². The van der Waals surface area contributed by atoms with E-state index < -0.39 is 5.54 Å². The van der Waals surface area contributed by atoms with Crippen LogP contribution in [0.25, 0.3) is 0 Å². The van der Waals surface area contributed by atoms with Gasteiger partial charge in [0.2, 0.25) is 5.89 Å². The van der Waals surface area contributed by atoms with Gasteiger partial charge in [-0.05, 0) is 37.5 Å². The van der Waals surface area contributed by atoms with E-state index in [0.29, 0.717) is 23.0 Å². The third kappa shape index (κ3) is 3.32. The number of carbonyl (C=O) groups is 1. The van der Waals surface area contributed by atoms with E-state index in [9.17, 15) is 4.79 Å². The maximum atomic E-state index is 12.7. The lowest BCUT2D eigenvalue weighted by atomic mass is 9.95. The Bertz CT molecular complexity index is 708. The molecule has 1 amide bonds. The Morgan fingerprint density at radius 2 is 2.00 bits per heavy atom. The van der Waals surface area contributed by atoms with Crippen molar-refractivity contribution in [3.63, 3.8) is 0 Å². The number of halogens is 1. The quantitative estimate of drug-likeness (QED) is 0.840. The van der Waals surface area contributed by atoms with Gasteiger partial charge in [0.25, 0.3) is 5.91 Å². The van der Waals surface area contributed by atoms with Crippen LogP contribution in [0.5, 0.6) is 0 Å². The zero-order valence-corrected chi connectivity index (χ0v) is 14.1. The van der Waals surface area contributed by atoms with Crippen molar-refractivity contribution in [2.75, 3.05) is 5.73 Å². The summed E-state index contributed by atoms with van der Waals surface area (Å²) >= 11 is 0.